The normalized spacial score (nSPS) is 18.8. The number of nitrogens with one attached hydrogen (secondary N) is 1. The van der Waals surface area contributed by atoms with E-state index in [0.717, 1.165) is 23.8 Å². The average molecular weight is 494 g/mol. The largest absolute Gasteiger partial charge is 0.378 e. The van der Waals surface area contributed by atoms with Gasteiger partial charge in [-0.15, -0.1) is 24.0 Å². The van der Waals surface area contributed by atoms with Crippen molar-refractivity contribution in [3.63, 3.8) is 0 Å². The number of aliphatic imine (C=N–C) groups is 1. The summed E-state index contributed by atoms with van der Waals surface area (Å²) in [5.41, 5.74) is 2.28. The fourth-order valence-electron chi connectivity index (χ4n) is 2.82. The quantitative estimate of drug-likeness (QED) is 0.396. The molecule has 0 unspecified atom stereocenters. The maximum absolute atomic E-state index is 12.2. The third kappa shape index (κ3) is 5.48. The molecule has 0 atom stereocenters. The summed E-state index contributed by atoms with van der Waals surface area (Å²) in [6, 6.07) is 8.31. The van der Waals surface area contributed by atoms with Crippen LogP contribution in [0.1, 0.15) is 26.3 Å². The molecule has 1 aromatic rings. The molecular formula is C18H31IN4O2S. The SMILES string of the molecule is CCNC(=NCc1ccc(N(C)C)cc1)N1CCS(=O)(=O)C(C)(C)C1.I. The Morgan fingerprint density at radius 1 is 1.27 bits per heavy atom. The lowest BCUT2D eigenvalue weighted by Crippen LogP contribution is -2.57. The Kier molecular flexibility index (Phi) is 8.19. The van der Waals surface area contributed by atoms with Gasteiger partial charge in [0.2, 0.25) is 0 Å². The number of rotatable bonds is 4. The molecule has 1 N–H and O–H groups in total. The number of nitrogens with zero attached hydrogens (tertiary/aromatic N) is 3. The summed E-state index contributed by atoms with van der Waals surface area (Å²) in [4.78, 5) is 8.84. The molecule has 1 aliphatic rings. The zero-order valence-corrected chi connectivity index (χ0v) is 19.5. The fraction of sp³-hybridized carbons (Fsp3) is 0.611. The van der Waals surface area contributed by atoms with Crippen LogP contribution in [-0.2, 0) is 16.4 Å². The second-order valence-corrected chi connectivity index (χ2v) is 9.97. The number of halogens is 1. The highest BCUT2D eigenvalue weighted by atomic mass is 127. The van der Waals surface area contributed by atoms with Crippen molar-refractivity contribution in [2.45, 2.75) is 32.1 Å². The molecular weight excluding hydrogens is 463 g/mol. The van der Waals surface area contributed by atoms with Crippen LogP contribution < -0.4 is 10.2 Å². The van der Waals surface area contributed by atoms with Gasteiger partial charge in [-0.25, -0.2) is 13.4 Å². The van der Waals surface area contributed by atoms with E-state index in [0.29, 0.717) is 19.6 Å². The number of guanidine groups is 1. The smallest absolute Gasteiger partial charge is 0.194 e. The van der Waals surface area contributed by atoms with Gasteiger partial charge < -0.3 is 15.1 Å². The van der Waals surface area contributed by atoms with Crippen molar-refractivity contribution in [1.29, 1.82) is 0 Å². The molecule has 0 saturated carbocycles. The van der Waals surface area contributed by atoms with Gasteiger partial charge in [0.15, 0.2) is 15.8 Å². The van der Waals surface area contributed by atoms with Crippen LogP contribution in [0.5, 0.6) is 0 Å². The van der Waals surface area contributed by atoms with E-state index < -0.39 is 14.6 Å². The average Bonchev–Trinajstić information content (AvgIpc) is 2.54. The standard InChI is InChI=1S/C18H30N4O2S.HI/c1-6-19-17(22-11-12-25(23,24)18(2,3)14-22)20-13-15-7-9-16(10-8-15)21(4)5;/h7-10H,6,11-14H2,1-5H3,(H,19,20);1H. The van der Waals surface area contributed by atoms with Crippen molar-refractivity contribution in [3.05, 3.63) is 29.8 Å². The molecule has 0 radical (unpaired) electrons. The second-order valence-electron chi connectivity index (χ2n) is 7.23. The van der Waals surface area contributed by atoms with Crippen LogP contribution >= 0.6 is 24.0 Å². The third-order valence-corrected chi connectivity index (χ3v) is 7.08. The summed E-state index contributed by atoms with van der Waals surface area (Å²) < 4.78 is 23.7. The Morgan fingerprint density at radius 3 is 2.38 bits per heavy atom. The molecule has 0 amide bonds. The van der Waals surface area contributed by atoms with Crippen molar-refractivity contribution in [3.8, 4) is 0 Å². The van der Waals surface area contributed by atoms with Crippen molar-refractivity contribution in [1.82, 2.24) is 10.2 Å². The van der Waals surface area contributed by atoms with Gasteiger partial charge in [0.05, 0.1) is 17.0 Å². The first-order valence-electron chi connectivity index (χ1n) is 8.68. The van der Waals surface area contributed by atoms with E-state index in [4.69, 9.17) is 4.99 Å². The van der Waals surface area contributed by atoms with Gasteiger partial charge in [0, 0.05) is 39.4 Å². The van der Waals surface area contributed by atoms with Crippen LogP contribution in [0, 0.1) is 0 Å². The molecule has 2 rings (SSSR count). The molecule has 26 heavy (non-hydrogen) atoms. The van der Waals surface area contributed by atoms with E-state index in [1.54, 1.807) is 13.8 Å². The van der Waals surface area contributed by atoms with Crippen molar-refractivity contribution in [2.75, 3.05) is 44.4 Å². The summed E-state index contributed by atoms with van der Waals surface area (Å²) in [7, 11) is 0.981. The van der Waals surface area contributed by atoms with E-state index in [1.807, 2.05) is 21.0 Å². The van der Waals surface area contributed by atoms with Crippen LogP contribution in [0.4, 0.5) is 5.69 Å². The van der Waals surface area contributed by atoms with E-state index in [9.17, 15) is 8.42 Å². The monoisotopic (exact) mass is 494 g/mol. The molecule has 148 valence electrons. The lowest BCUT2D eigenvalue weighted by Gasteiger charge is -2.39. The Morgan fingerprint density at radius 2 is 1.88 bits per heavy atom. The summed E-state index contributed by atoms with van der Waals surface area (Å²) in [5.74, 6) is 0.948. The van der Waals surface area contributed by atoms with E-state index in [1.165, 1.54) is 0 Å². The van der Waals surface area contributed by atoms with Crippen molar-refractivity contribution >= 4 is 45.5 Å². The van der Waals surface area contributed by atoms with Crippen LogP contribution in [0.2, 0.25) is 0 Å². The van der Waals surface area contributed by atoms with Gasteiger partial charge in [-0.05, 0) is 38.5 Å². The molecule has 0 bridgehead atoms. The zero-order valence-electron chi connectivity index (χ0n) is 16.3. The Balaban J connectivity index is 0.00000338. The molecule has 1 heterocycles. The maximum Gasteiger partial charge on any atom is 0.194 e. The Labute approximate surface area is 175 Å². The van der Waals surface area contributed by atoms with E-state index in [-0.39, 0.29) is 29.7 Å². The van der Waals surface area contributed by atoms with Crippen LogP contribution in [0.15, 0.2) is 29.3 Å². The van der Waals surface area contributed by atoms with Gasteiger partial charge in [0.1, 0.15) is 0 Å². The minimum Gasteiger partial charge on any atom is -0.378 e. The predicted octanol–water partition coefficient (Wildman–Crippen LogP) is 2.35. The first kappa shape index (κ1) is 23.0. The predicted molar refractivity (Wildman–Crippen MR) is 120 cm³/mol. The highest BCUT2D eigenvalue weighted by Gasteiger charge is 2.40. The lowest BCUT2D eigenvalue weighted by atomic mass is 10.2. The second kappa shape index (κ2) is 9.25. The molecule has 1 aromatic carbocycles. The molecule has 1 fully saturated rings. The van der Waals surface area contributed by atoms with Gasteiger partial charge in [-0.1, -0.05) is 12.1 Å². The molecule has 0 aliphatic carbocycles. The summed E-state index contributed by atoms with van der Waals surface area (Å²) in [5, 5.41) is 3.29. The first-order valence-corrected chi connectivity index (χ1v) is 10.3. The number of hydrogen-bond donors (Lipinski definition) is 1. The minimum absolute atomic E-state index is 0. The molecule has 6 nitrogen and oxygen atoms in total. The van der Waals surface area contributed by atoms with Gasteiger partial charge in [-0.2, -0.15) is 0 Å². The number of anilines is 1. The lowest BCUT2D eigenvalue weighted by molar-refractivity contribution is 0.353. The molecule has 0 aromatic heterocycles. The summed E-state index contributed by atoms with van der Waals surface area (Å²) in [6.45, 7) is 7.86. The first-order chi connectivity index (χ1) is 11.7. The van der Waals surface area contributed by atoms with Crippen LogP contribution in [-0.4, -0.2) is 63.5 Å². The Bertz CT molecular complexity index is 715. The van der Waals surface area contributed by atoms with E-state index >= 15 is 0 Å². The third-order valence-electron chi connectivity index (χ3n) is 4.54. The Hall–Kier alpha value is -1.03. The molecule has 8 heteroatoms. The zero-order chi connectivity index (χ0) is 18.7. The van der Waals surface area contributed by atoms with Crippen molar-refractivity contribution < 1.29 is 8.42 Å². The summed E-state index contributed by atoms with van der Waals surface area (Å²) in [6.07, 6.45) is 0. The topological polar surface area (TPSA) is 65.0 Å². The van der Waals surface area contributed by atoms with Crippen molar-refractivity contribution in [2.24, 2.45) is 4.99 Å². The van der Waals surface area contributed by atoms with Crippen LogP contribution in [0.3, 0.4) is 0 Å². The summed E-state index contributed by atoms with van der Waals surface area (Å²) >= 11 is 0. The highest BCUT2D eigenvalue weighted by Crippen LogP contribution is 2.24. The number of sulfone groups is 1. The van der Waals surface area contributed by atoms with E-state index in [2.05, 4.69) is 39.4 Å². The minimum atomic E-state index is -3.05. The molecule has 1 aliphatic heterocycles. The van der Waals surface area contributed by atoms with Gasteiger partial charge in [-0.3, -0.25) is 0 Å². The molecule has 0 spiro atoms. The van der Waals surface area contributed by atoms with Gasteiger partial charge >= 0.3 is 0 Å². The van der Waals surface area contributed by atoms with Crippen LogP contribution in [0.25, 0.3) is 0 Å². The maximum atomic E-state index is 12.2. The molecule has 1 saturated heterocycles. The van der Waals surface area contributed by atoms with Gasteiger partial charge in [0.25, 0.3) is 0 Å². The highest BCUT2D eigenvalue weighted by molar-refractivity contribution is 14.0. The number of hydrogen-bond acceptors (Lipinski definition) is 4. The fourth-order valence-corrected chi connectivity index (χ4v) is 4.18. The number of benzene rings is 1.